The van der Waals surface area contributed by atoms with Gasteiger partial charge in [0, 0.05) is 18.9 Å². The SMILES string of the molecule is CCC(CCN)CCC(=O)OCC1CCOC1. The van der Waals surface area contributed by atoms with Crippen LogP contribution < -0.4 is 5.73 Å². The third-order valence-corrected chi connectivity index (χ3v) is 3.41. The summed E-state index contributed by atoms with van der Waals surface area (Å²) in [5.41, 5.74) is 5.52. The Kier molecular flexibility index (Phi) is 7.21. The Morgan fingerprint density at radius 1 is 1.53 bits per heavy atom. The molecule has 0 radical (unpaired) electrons. The summed E-state index contributed by atoms with van der Waals surface area (Å²) in [6.07, 6.45) is 4.51. The second-order valence-electron chi connectivity index (χ2n) is 4.80. The Morgan fingerprint density at radius 2 is 2.35 bits per heavy atom. The van der Waals surface area contributed by atoms with Gasteiger partial charge in [0.2, 0.25) is 0 Å². The third-order valence-electron chi connectivity index (χ3n) is 3.41. The number of carbonyl (C=O) groups excluding carboxylic acids is 1. The van der Waals surface area contributed by atoms with Crippen molar-refractivity contribution < 1.29 is 14.3 Å². The molecule has 1 saturated heterocycles. The molecule has 0 aromatic rings. The van der Waals surface area contributed by atoms with Crippen molar-refractivity contribution in [1.29, 1.82) is 0 Å². The van der Waals surface area contributed by atoms with Crippen LogP contribution in [-0.2, 0) is 14.3 Å². The summed E-state index contributed by atoms with van der Waals surface area (Å²) in [4.78, 5) is 11.5. The molecule has 4 heteroatoms. The first-order chi connectivity index (χ1) is 8.26. The summed E-state index contributed by atoms with van der Waals surface area (Å²) in [5, 5.41) is 0. The van der Waals surface area contributed by atoms with Crippen LogP contribution in [0, 0.1) is 11.8 Å². The average Bonchev–Trinajstić information content (AvgIpc) is 2.85. The molecule has 2 N–H and O–H groups in total. The Bertz CT molecular complexity index is 215. The summed E-state index contributed by atoms with van der Waals surface area (Å²) in [6.45, 7) is 4.90. The van der Waals surface area contributed by atoms with Crippen LogP contribution in [0.25, 0.3) is 0 Å². The van der Waals surface area contributed by atoms with E-state index in [1.54, 1.807) is 0 Å². The van der Waals surface area contributed by atoms with Gasteiger partial charge in [-0.1, -0.05) is 13.3 Å². The minimum Gasteiger partial charge on any atom is -0.465 e. The van der Waals surface area contributed by atoms with Gasteiger partial charge in [0.05, 0.1) is 13.2 Å². The van der Waals surface area contributed by atoms with E-state index < -0.39 is 0 Å². The fraction of sp³-hybridized carbons (Fsp3) is 0.923. The van der Waals surface area contributed by atoms with Crippen molar-refractivity contribution in [3.63, 3.8) is 0 Å². The Labute approximate surface area is 104 Å². The maximum absolute atomic E-state index is 11.5. The fourth-order valence-electron chi connectivity index (χ4n) is 2.11. The molecule has 2 unspecified atom stereocenters. The molecule has 0 spiro atoms. The number of hydrogen-bond donors (Lipinski definition) is 1. The van der Waals surface area contributed by atoms with Crippen LogP contribution in [0.5, 0.6) is 0 Å². The first kappa shape index (κ1) is 14.5. The van der Waals surface area contributed by atoms with E-state index in [1.165, 1.54) is 0 Å². The van der Waals surface area contributed by atoms with Gasteiger partial charge in [-0.25, -0.2) is 0 Å². The van der Waals surface area contributed by atoms with Crippen LogP contribution in [0.15, 0.2) is 0 Å². The van der Waals surface area contributed by atoms with Crippen molar-refractivity contribution in [3.05, 3.63) is 0 Å². The summed E-state index contributed by atoms with van der Waals surface area (Å²) >= 11 is 0. The number of nitrogens with two attached hydrogens (primary N) is 1. The molecular formula is C13H25NO3. The van der Waals surface area contributed by atoms with E-state index in [1.807, 2.05) is 0 Å². The van der Waals surface area contributed by atoms with Gasteiger partial charge in [0.25, 0.3) is 0 Å². The lowest BCUT2D eigenvalue weighted by atomic mass is 9.97. The van der Waals surface area contributed by atoms with Crippen LogP contribution in [-0.4, -0.2) is 32.3 Å². The molecule has 2 atom stereocenters. The van der Waals surface area contributed by atoms with E-state index in [-0.39, 0.29) is 5.97 Å². The van der Waals surface area contributed by atoms with E-state index in [0.717, 1.165) is 38.9 Å². The molecule has 1 aliphatic rings. The number of carbonyl (C=O) groups is 1. The number of hydrogen-bond acceptors (Lipinski definition) is 4. The topological polar surface area (TPSA) is 61.6 Å². The zero-order chi connectivity index (χ0) is 12.5. The minimum absolute atomic E-state index is 0.0765. The van der Waals surface area contributed by atoms with E-state index in [2.05, 4.69) is 6.92 Å². The van der Waals surface area contributed by atoms with E-state index in [0.29, 0.717) is 31.4 Å². The van der Waals surface area contributed by atoms with Gasteiger partial charge in [0.15, 0.2) is 0 Å². The fourth-order valence-corrected chi connectivity index (χ4v) is 2.11. The molecule has 0 amide bonds. The number of esters is 1. The van der Waals surface area contributed by atoms with E-state index in [4.69, 9.17) is 15.2 Å². The molecule has 1 rings (SSSR count). The van der Waals surface area contributed by atoms with Gasteiger partial charge in [-0.15, -0.1) is 0 Å². The lowest BCUT2D eigenvalue weighted by Crippen LogP contribution is -2.15. The first-order valence-electron chi connectivity index (χ1n) is 6.69. The van der Waals surface area contributed by atoms with Crippen molar-refractivity contribution >= 4 is 5.97 Å². The normalized spacial score (nSPS) is 21.4. The molecule has 1 heterocycles. The zero-order valence-electron chi connectivity index (χ0n) is 10.8. The quantitative estimate of drug-likeness (QED) is 0.659. The van der Waals surface area contributed by atoms with Crippen molar-refractivity contribution in [2.75, 3.05) is 26.4 Å². The van der Waals surface area contributed by atoms with Crippen molar-refractivity contribution in [3.8, 4) is 0 Å². The largest absolute Gasteiger partial charge is 0.465 e. The molecule has 1 aliphatic heterocycles. The summed E-state index contributed by atoms with van der Waals surface area (Å²) in [6, 6.07) is 0. The summed E-state index contributed by atoms with van der Waals surface area (Å²) in [5.74, 6) is 0.889. The smallest absolute Gasteiger partial charge is 0.305 e. The van der Waals surface area contributed by atoms with Gasteiger partial charge in [-0.05, 0) is 31.7 Å². The van der Waals surface area contributed by atoms with Gasteiger partial charge < -0.3 is 15.2 Å². The second kappa shape index (κ2) is 8.48. The van der Waals surface area contributed by atoms with Crippen LogP contribution in [0.2, 0.25) is 0 Å². The van der Waals surface area contributed by atoms with Crippen LogP contribution in [0.3, 0.4) is 0 Å². The maximum Gasteiger partial charge on any atom is 0.305 e. The standard InChI is InChI=1S/C13H25NO3/c1-2-11(5-7-14)3-4-13(15)17-10-12-6-8-16-9-12/h11-12H,2-10,14H2,1H3. The maximum atomic E-state index is 11.5. The molecule has 100 valence electrons. The lowest BCUT2D eigenvalue weighted by Gasteiger charge is -2.13. The molecule has 0 saturated carbocycles. The predicted octanol–water partition coefficient (Wildman–Crippen LogP) is 1.72. The van der Waals surface area contributed by atoms with E-state index >= 15 is 0 Å². The van der Waals surface area contributed by atoms with Crippen LogP contribution in [0.4, 0.5) is 0 Å². The monoisotopic (exact) mass is 243 g/mol. The molecule has 0 aliphatic carbocycles. The molecule has 0 aromatic carbocycles. The Morgan fingerprint density at radius 3 is 2.94 bits per heavy atom. The number of ether oxygens (including phenoxy) is 2. The van der Waals surface area contributed by atoms with Gasteiger partial charge >= 0.3 is 5.97 Å². The third kappa shape index (κ3) is 6.03. The molecule has 17 heavy (non-hydrogen) atoms. The highest BCUT2D eigenvalue weighted by atomic mass is 16.5. The van der Waals surface area contributed by atoms with Crippen molar-refractivity contribution in [2.24, 2.45) is 17.6 Å². The van der Waals surface area contributed by atoms with Crippen LogP contribution in [0.1, 0.15) is 39.0 Å². The number of rotatable bonds is 8. The highest BCUT2D eigenvalue weighted by molar-refractivity contribution is 5.69. The predicted molar refractivity (Wildman–Crippen MR) is 66.6 cm³/mol. The second-order valence-corrected chi connectivity index (χ2v) is 4.80. The molecule has 0 aromatic heterocycles. The lowest BCUT2D eigenvalue weighted by molar-refractivity contribution is -0.145. The van der Waals surface area contributed by atoms with E-state index in [9.17, 15) is 4.79 Å². The molecular weight excluding hydrogens is 218 g/mol. The molecule has 0 bridgehead atoms. The Hall–Kier alpha value is -0.610. The van der Waals surface area contributed by atoms with Gasteiger partial charge in [0.1, 0.15) is 0 Å². The molecule has 4 nitrogen and oxygen atoms in total. The van der Waals surface area contributed by atoms with Crippen LogP contribution >= 0.6 is 0 Å². The van der Waals surface area contributed by atoms with Gasteiger partial charge in [-0.3, -0.25) is 4.79 Å². The van der Waals surface area contributed by atoms with Crippen molar-refractivity contribution in [1.82, 2.24) is 0 Å². The van der Waals surface area contributed by atoms with Crippen molar-refractivity contribution in [2.45, 2.75) is 39.0 Å². The highest BCUT2D eigenvalue weighted by Gasteiger charge is 2.18. The minimum atomic E-state index is -0.0765. The highest BCUT2D eigenvalue weighted by Crippen LogP contribution is 2.16. The Balaban J connectivity index is 2.07. The molecule has 1 fully saturated rings. The average molecular weight is 243 g/mol. The summed E-state index contributed by atoms with van der Waals surface area (Å²) < 4.78 is 10.5. The first-order valence-corrected chi connectivity index (χ1v) is 6.69. The van der Waals surface area contributed by atoms with Gasteiger partial charge in [-0.2, -0.15) is 0 Å². The zero-order valence-corrected chi connectivity index (χ0v) is 10.8. The summed E-state index contributed by atoms with van der Waals surface area (Å²) in [7, 11) is 0.